The molecule has 2 aliphatic rings. The van der Waals surface area contributed by atoms with E-state index in [-0.39, 0.29) is 23.5 Å². The average Bonchev–Trinajstić information content (AvgIpc) is 2.80. The van der Waals surface area contributed by atoms with E-state index in [0.29, 0.717) is 19.2 Å². The molecule has 2 aliphatic heterocycles. The van der Waals surface area contributed by atoms with Gasteiger partial charge in [0.05, 0.1) is 17.3 Å². The van der Waals surface area contributed by atoms with Gasteiger partial charge in [-0.2, -0.15) is 13.2 Å². The molecule has 6 nitrogen and oxygen atoms in total. The first-order chi connectivity index (χ1) is 14.9. The molecule has 4 rings (SSSR count). The third-order valence-corrected chi connectivity index (χ3v) is 5.97. The monoisotopic (exact) mass is 456 g/mol. The number of rotatable bonds is 1. The van der Waals surface area contributed by atoms with Gasteiger partial charge in [-0.25, -0.2) is 13.8 Å². The second-order valence-electron chi connectivity index (χ2n) is 8.05. The number of pyridine rings is 1. The van der Waals surface area contributed by atoms with Crippen LogP contribution in [0.3, 0.4) is 0 Å². The third kappa shape index (κ3) is 3.44. The SMILES string of the molecule is Cc1c(F)c(N)cc(-c2nc3c(cc2F)C(=O)N2CCN[C@@H](C)C2C(C)O3)c1C(F)(F)F. The van der Waals surface area contributed by atoms with Gasteiger partial charge < -0.3 is 20.7 Å². The highest BCUT2D eigenvalue weighted by Gasteiger charge is 2.43. The number of fused-ring (bicyclic) bond motifs is 2. The van der Waals surface area contributed by atoms with Crippen molar-refractivity contribution >= 4 is 11.6 Å². The molecule has 1 aromatic carbocycles. The minimum absolute atomic E-state index is 0.127. The topological polar surface area (TPSA) is 80.5 Å². The summed E-state index contributed by atoms with van der Waals surface area (Å²) < 4.78 is 76.3. The molecule has 1 amide bonds. The molecule has 2 unspecified atom stereocenters. The van der Waals surface area contributed by atoms with E-state index in [1.54, 1.807) is 11.8 Å². The molecule has 0 bridgehead atoms. The number of hydrogen-bond donors (Lipinski definition) is 2. The molecule has 1 fully saturated rings. The number of alkyl halides is 3. The zero-order valence-electron chi connectivity index (χ0n) is 17.5. The van der Waals surface area contributed by atoms with Gasteiger partial charge in [0.25, 0.3) is 5.91 Å². The molecule has 0 aliphatic carbocycles. The Morgan fingerprint density at radius 2 is 1.91 bits per heavy atom. The first-order valence-electron chi connectivity index (χ1n) is 9.99. The Morgan fingerprint density at radius 3 is 2.56 bits per heavy atom. The second kappa shape index (κ2) is 7.58. The lowest BCUT2D eigenvalue weighted by Gasteiger charge is -2.41. The number of nitrogens with one attached hydrogen (secondary N) is 1. The number of halogens is 5. The molecule has 0 spiro atoms. The summed E-state index contributed by atoms with van der Waals surface area (Å²) in [6, 6.07) is 1.00. The summed E-state index contributed by atoms with van der Waals surface area (Å²) in [6.07, 6.45) is -5.57. The maximum Gasteiger partial charge on any atom is 0.417 e. The Hall–Kier alpha value is -2.95. The normalized spacial score (nSPS) is 23.3. The maximum atomic E-state index is 15.1. The van der Waals surface area contributed by atoms with Crippen LogP contribution in [-0.2, 0) is 6.18 Å². The number of hydrogen-bond acceptors (Lipinski definition) is 5. The number of aromatic nitrogens is 1. The molecule has 1 aromatic heterocycles. The number of benzene rings is 1. The van der Waals surface area contributed by atoms with Crippen molar-refractivity contribution in [2.75, 3.05) is 18.8 Å². The molecule has 3 heterocycles. The molecule has 3 atom stereocenters. The molecule has 3 N–H and O–H groups in total. The predicted octanol–water partition coefficient (Wildman–Crippen LogP) is 3.52. The standard InChI is InChI=1S/C21H21F5N4O2/c1-8-15(21(24,25)26)11(7-14(27)16(8)23)17-13(22)6-12-19(29-17)32-10(3)18-9(2)28-4-5-30(18)20(12)31/h6-7,9-10,18,28H,4-5,27H2,1-3H3/t9-,10?,18?/m0/s1. The Balaban J connectivity index is 1.92. The zero-order chi connectivity index (χ0) is 23.5. The van der Waals surface area contributed by atoms with Crippen LogP contribution < -0.4 is 15.8 Å². The minimum Gasteiger partial charge on any atom is -0.472 e. The molecule has 0 radical (unpaired) electrons. The predicted molar refractivity (Wildman–Crippen MR) is 106 cm³/mol. The van der Waals surface area contributed by atoms with E-state index in [4.69, 9.17) is 10.5 Å². The van der Waals surface area contributed by atoms with Gasteiger partial charge in [-0.05, 0) is 38.5 Å². The van der Waals surface area contributed by atoms with Crippen molar-refractivity contribution < 1.29 is 31.5 Å². The van der Waals surface area contributed by atoms with Crippen LogP contribution in [0.1, 0.15) is 35.3 Å². The highest BCUT2D eigenvalue weighted by molar-refractivity contribution is 5.97. The van der Waals surface area contributed by atoms with Crippen molar-refractivity contribution in [2.24, 2.45) is 0 Å². The molecule has 2 aromatic rings. The number of nitrogens with two attached hydrogens (primary N) is 1. The number of piperazine rings is 1. The van der Waals surface area contributed by atoms with Crippen molar-refractivity contribution in [1.29, 1.82) is 0 Å². The molecular weight excluding hydrogens is 435 g/mol. The first-order valence-corrected chi connectivity index (χ1v) is 9.99. The minimum atomic E-state index is -5.00. The highest BCUT2D eigenvalue weighted by Crippen LogP contribution is 2.43. The summed E-state index contributed by atoms with van der Waals surface area (Å²) in [4.78, 5) is 18.6. The van der Waals surface area contributed by atoms with Gasteiger partial charge in [0.15, 0.2) is 5.82 Å². The van der Waals surface area contributed by atoms with Gasteiger partial charge in [0.1, 0.15) is 23.2 Å². The summed E-state index contributed by atoms with van der Waals surface area (Å²) in [7, 11) is 0. The van der Waals surface area contributed by atoms with Crippen LogP contribution >= 0.6 is 0 Å². The molecule has 172 valence electrons. The van der Waals surface area contributed by atoms with Crippen molar-refractivity contribution in [3.8, 4) is 17.1 Å². The smallest absolute Gasteiger partial charge is 0.417 e. The van der Waals surface area contributed by atoms with Gasteiger partial charge in [0.2, 0.25) is 5.88 Å². The van der Waals surface area contributed by atoms with Crippen LogP contribution in [0.4, 0.5) is 27.6 Å². The summed E-state index contributed by atoms with van der Waals surface area (Å²) in [5.41, 5.74) is 1.15. The van der Waals surface area contributed by atoms with Crippen LogP contribution in [0.25, 0.3) is 11.3 Å². The number of nitrogen functional groups attached to an aromatic ring is 1. The largest absolute Gasteiger partial charge is 0.472 e. The van der Waals surface area contributed by atoms with Crippen molar-refractivity contribution in [3.63, 3.8) is 0 Å². The van der Waals surface area contributed by atoms with Crippen LogP contribution in [0.5, 0.6) is 5.88 Å². The summed E-state index contributed by atoms with van der Waals surface area (Å²) in [5, 5.41) is 3.23. The van der Waals surface area contributed by atoms with E-state index in [9.17, 15) is 22.4 Å². The summed E-state index contributed by atoms with van der Waals surface area (Å²) >= 11 is 0. The highest BCUT2D eigenvalue weighted by atomic mass is 19.4. The first kappa shape index (κ1) is 22.3. The molecule has 11 heteroatoms. The number of carbonyl (C=O) groups excluding carboxylic acids is 1. The number of ether oxygens (including phenoxy) is 1. The van der Waals surface area contributed by atoms with Crippen LogP contribution in [0.2, 0.25) is 0 Å². The maximum absolute atomic E-state index is 15.1. The van der Waals surface area contributed by atoms with Gasteiger partial charge in [-0.1, -0.05) is 0 Å². The molecule has 1 saturated heterocycles. The van der Waals surface area contributed by atoms with Gasteiger partial charge in [0, 0.05) is 24.7 Å². The van der Waals surface area contributed by atoms with E-state index < -0.39 is 57.9 Å². The van der Waals surface area contributed by atoms with Crippen LogP contribution in [-0.4, -0.2) is 47.1 Å². The van der Waals surface area contributed by atoms with E-state index in [1.165, 1.54) is 0 Å². The Morgan fingerprint density at radius 1 is 1.22 bits per heavy atom. The third-order valence-electron chi connectivity index (χ3n) is 5.97. The van der Waals surface area contributed by atoms with Crippen LogP contribution in [0, 0.1) is 18.6 Å². The Labute approximate surface area is 180 Å². The van der Waals surface area contributed by atoms with Crippen molar-refractivity contribution in [1.82, 2.24) is 15.2 Å². The second-order valence-corrected chi connectivity index (χ2v) is 8.05. The van der Waals surface area contributed by atoms with E-state index in [0.717, 1.165) is 13.0 Å². The molecule has 0 saturated carbocycles. The lowest BCUT2D eigenvalue weighted by molar-refractivity contribution is -0.137. The molecule has 32 heavy (non-hydrogen) atoms. The van der Waals surface area contributed by atoms with Gasteiger partial charge in [-0.15, -0.1) is 0 Å². The van der Waals surface area contributed by atoms with E-state index in [2.05, 4.69) is 10.3 Å². The quantitative estimate of drug-likeness (QED) is 0.507. The lowest BCUT2D eigenvalue weighted by atomic mass is 9.96. The van der Waals surface area contributed by atoms with Gasteiger partial charge in [-0.3, -0.25) is 4.79 Å². The van der Waals surface area contributed by atoms with Gasteiger partial charge >= 0.3 is 6.18 Å². The van der Waals surface area contributed by atoms with E-state index >= 15 is 4.39 Å². The lowest BCUT2D eigenvalue weighted by Crippen LogP contribution is -2.62. The zero-order valence-corrected chi connectivity index (χ0v) is 17.5. The fourth-order valence-electron chi connectivity index (χ4n) is 4.53. The fraction of sp³-hybridized carbons (Fsp3) is 0.429. The fourth-order valence-corrected chi connectivity index (χ4v) is 4.53. The number of amides is 1. The van der Waals surface area contributed by atoms with Crippen LogP contribution in [0.15, 0.2) is 12.1 Å². The van der Waals surface area contributed by atoms with E-state index in [1.807, 2.05) is 6.92 Å². The molecular formula is C21H21F5N4O2. The number of nitrogens with zero attached hydrogens (tertiary/aromatic N) is 2. The van der Waals surface area contributed by atoms with Crippen molar-refractivity contribution in [3.05, 3.63) is 40.5 Å². The number of carbonyl (C=O) groups is 1. The average molecular weight is 456 g/mol. The summed E-state index contributed by atoms with van der Waals surface area (Å²) in [6.45, 7) is 5.38. The Kier molecular flexibility index (Phi) is 5.27. The Bertz CT molecular complexity index is 1100. The number of anilines is 1. The summed E-state index contributed by atoms with van der Waals surface area (Å²) in [5.74, 6) is -3.22. The van der Waals surface area contributed by atoms with Crippen molar-refractivity contribution in [2.45, 2.75) is 45.1 Å².